The second kappa shape index (κ2) is 6.68. The highest BCUT2D eigenvalue weighted by atomic mass is 15.1. The van der Waals surface area contributed by atoms with Gasteiger partial charge in [0.15, 0.2) is 0 Å². The van der Waals surface area contributed by atoms with Gasteiger partial charge in [-0.2, -0.15) is 4.98 Å². The van der Waals surface area contributed by atoms with E-state index in [4.69, 9.17) is 0 Å². The molecule has 0 amide bonds. The zero-order chi connectivity index (χ0) is 13.5. The SMILES string of the molecule is CC(C)CNc1ccnc(NCc2ccccn2)n1. The molecule has 0 aliphatic heterocycles. The van der Waals surface area contributed by atoms with E-state index in [1.165, 1.54) is 0 Å². The van der Waals surface area contributed by atoms with Crippen molar-refractivity contribution in [2.75, 3.05) is 17.2 Å². The number of hydrogen-bond donors (Lipinski definition) is 2. The van der Waals surface area contributed by atoms with E-state index in [-0.39, 0.29) is 0 Å². The van der Waals surface area contributed by atoms with E-state index in [9.17, 15) is 0 Å². The molecule has 0 aromatic carbocycles. The van der Waals surface area contributed by atoms with Crippen LogP contribution in [-0.2, 0) is 6.54 Å². The van der Waals surface area contributed by atoms with Gasteiger partial charge in [0.1, 0.15) is 5.82 Å². The standard InChI is InChI=1S/C14H19N5/c1-11(2)9-17-13-6-8-16-14(19-13)18-10-12-5-3-4-7-15-12/h3-8,11H,9-10H2,1-2H3,(H2,16,17,18,19). The van der Waals surface area contributed by atoms with E-state index < -0.39 is 0 Å². The molecule has 0 saturated carbocycles. The molecule has 5 nitrogen and oxygen atoms in total. The normalized spacial score (nSPS) is 10.5. The Morgan fingerprint density at radius 3 is 2.68 bits per heavy atom. The summed E-state index contributed by atoms with van der Waals surface area (Å²) < 4.78 is 0. The Bertz CT molecular complexity index is 498. The molecule has 100 valence electrons. The van der Waals surface area contributed by atoms with Gasteiger partial charge < -0.3 is 10.6 Å². The zero-order valence-electron chi connectivity index (χ0n) is 11.3. The Morgan fingerprint density at radius 1 is 1.05 bits per heavy atom. The number of hydrogen-bond acceptors (Lipinski definition) is 5. The molecule has 2 rings (SSSR count). The van der Waals surface area contributed by atoms with Gasteiger partial charge in [0.05, 0.1) is 12.2 Å². The highest BCUT2D eigenvalue weighted by Crippen LogP contribution is 2.07. The van der Waals surface area contributed by atoms with Crippen LogP contribution >= 0.6 is 0 Å². The lowest BCUT2D eigenvalue weighted by Crippen LogP contribution is -2.11. The summed E-state index contributed by atoms with van der Waals surface area (Å²) in [4.78, 5) is 12.8. The highest BCUT2D eigenvalue weighted by Gasteiger charge is 2.00. The molecular weight excluding hydrogens is 238 g/mol. The Morgan fingerprint density at radius 2 is 1.95 bits per heavy atom. The number of nitrogens with one attached hydrogen (secondary N) is 2. The fourth-order valence-electron chi connectivity index (χ4n) is 1.52. The maximum atomic E-state index is 4.40. The van der Waals surface area contributed by atoms with Crippen LogP contribution in [0.25, 0.3) is 0 Å². The van der Waals surface area contributed by atoms with Crippen molar-refractivity contribution in [2.24, 2.45) is 5.92 Å². The van der Waals surface area contributed by atoms with Crippen LogP contribution < -0.4 is 10.6 Å². The fourth-order valence-corrected chi connectivity index (χ4v) is 1.52. The van der Waals surface area contributed by atoms with Gasteiger partial charge in [-0.05, 0) is 24.1 Å². The van der Waals surface area contributed by atoms with Crippen molar-refractivity contribution in [1.29, 1.82) is 0 Å². The number of aromatic nitrogens is 3. The first-order valence-corrected chi connectivity index (χ1v) is 6.45. The third kappa shape index (κ3) is 4.54. The van der Waals surface area contributed by atoms with E-state index in [1.807, 2.05) is 24.3 Å². The molecule has 19 heavy (non-hydrogen) atoms. The van der Waals surface area contributed by atoms with E-state index >= 15 is 0 Å². The minimum Gasteiger partial charge on any atom is -0.370 e. The van der Waals surface area contributed by atoms with Crippen molar-refractivity contribution in [2.45, 2.75) is 20.4 Å². The quantitative estimate of drug-likeness (QED) is 0.832. The van der Waals surface area contributed by atoms with Crippen LogP contribution in [0.5, 0.6) is 0 Å². The third-order valence-electron chi connectivity index (χ3n) is 2.50. The maximum Gasteiger partial charge on any atom is 0.224 e. The first-order valence-electron chi connectivity index (χ1n) is 6.45. The van der Waals surface area contributed by atoms with E-state index in [0.717, 1.165) is 18.1 Å². The molecule has 0 fully saturated rings. The average molecular weight is 257 g/mol. The molecule has 0 saturated heterocycles. The molecule has 0 atom stereocenters. The molecule has 5 heteroatoms. The van der Waals surface area contributed by atoms with Gasteiger partial charge in [0.2, 0.25) is 5.95 Å². The van der Waals surface area contributed by atoms with Crippen LogP contribution in [0.3, 0.4) is 0 Å². The molecule has 0 spiro atoms. The van der Waals surface area contributed by atoms with Gasteiger partial charge in [0.25, 0.3) is 0 Å². The highest BCUT2D eigenvalue weighted by molar-refractivity contribution is 5.39. The van der Waals surface area contributed by atoms with Gasteiger partial charge in [-0.3, -0.25) is 4.98 Å². The zero-order valence-corrected chi connectivity index (χ0v) is 11.3. The molecule has 2 aromatic rings. The second-order valence-corrected chi connectivity index (χ2v) is 4.71. The Balaban J connectivity index is 1.91. The molecule has 0 bridgehead atoms. The van der Waals surface area contributed by atoms with Gasteiger partial charge >= 0.3 is 0 Å². The lowest BCUT2D eigenvalue weighted by atomic mass is 10.2. The van der Waals surface area contributed by atoms with Crippen molar-refractivity contribution in [3.8, 4) is 0 Å². The van der Waals surface area contributed by atoms with Crippen molar-refractivity contribution < 1.29 is 0 Å². The van der Waals surface area contributed by atoms with Crippen LogP contribution in [0.15, 0.2) is 36.7 Å². The first-order chi connectivity index (χ1) is 9.24. The van der Waals surface area contributed by atoms with Crippen molar-refractivity contribution in [3.63, 3.8) is 0 Å². The summed E-state index contributed by atoms with van der Waals surface area (Å²) >= 11 is 0. The molecule has 0 aliphatic carbocycles. The number of pyridine rings is 1. The number of rotatable bonds is 6. The largest absolute Gasteiger partial charge is 0.370 e. The summed E-state index contributed by atoms with van der Waals surface area (Å²) in [7, 11) is 0. The summed E-state index contributed by atoms with van der Waals surface area (Å²) in [6, 6.07) is 7.70. The van der Waals surface area contributed by atoms with Crippen molar-refractivity contribution >= 4 is 11.8 Å². The molecule has 2 heterocycles. The van der Waals surface area contributed by atoms with Gasteiger partial charge in [-0.15, -0.1) is 0 Å². The minimum atomic E-state index is 0.583. The van der Waals surface area contributed by atoms with Crippen molar-refractivity contribution in [1.82, 2.24) is 15.0 Å². The lowest BCUT2D eigenvalue weighted by molar-refractivity contribution is 0.687. The predicted octanol–water partition coefficient (Wildman–Crippen LogP) is 2.55. The maximum absolute atomic E-state index is 4.40. The molecule has 0 aliphatic rings. The lowest BCUT2D eigenvalue weighted by Gasteiger charge is -2.09. The van der Waals surface area contributed by atoms with E-state index in [2.05, 4.69) is 39.4 Å². The van der Waals surface area contributed by atoms with E-state index in [0.29, 0.717) is 18.4 Å². The van der Waals surface area contributed by atoms with Crippen LogP contribution in [-0.4, -0.2) is 21.5 Å². The van der Waals surface area contributed by atoms with Gasteiger partial charge in [-0.25, -0.2) is 4.98 Å². The van der Waals surface area contributed by atoms with Gasteiger partial charge in [-0.1, -0.05) is 19.9 Å². The first kappa shape index (κ1) is 13.3. The Labute approximate surface area is 113 Å². The number of nitrogens with zero attached hydrogens (tertiary/aromatic N) is 3. The molecule has 2 N–H and O–H groups in total. The van der Waals surface area contributed by atoms with Crippen LogP contribution in [0.2, 0.25) is 0 Å². The number of anilines is 2. The van der Waals surface area contributed by atoms with Gasteiger partial charge in [0, 0.05) is 18.9 Å². The Kier molecular flexibility index (Phi) is 4.66. The fraction of sp³-hybridized carbons (Fsp3) is 0.357. The summed E-state index contributed by atoms with van der Waals surface area (Å²) in [6.07, 6.45) is 3.52. The van der Waals surface area contributed by atoms with E-state index in [1.54, 1.807) is 12.4 Å². The van der Waals surface area contributed by atoms with Crippen LogP contribution in [0.1, 0.15) is 19.5 Å². The average Bonchev–Trinajstić information content (AvgIpc) is 2.44. The smallest absolute Gasteiger partial charge is 0.224 e. The molecule has 0 radical (unpaired) electrons. The third-order valence-corrected chi connectivity index (χ3v) is 2.50. The summed E-state index contributed by atoms with van der Waals surface area (Å²) in [5.41, 5.74) is 0.964. The second-order valence-electron chi connectivity index (χ2n) is 4.71. The molecule has 2 aromatic heterocycles. The van der Waals surface area contributed by atoms with Crippen LogP contribution in [0, 0.1) is 5.92 Å². The summed E-state index contributed by atoms with van der Waals surface area (Å²) in [6.45, 7) is 5.84. The molecule has 0 unspecified atom stereocenters. The van der Waals surface area contributed by atoms with Crippen molar-refractivity contribution in [3.05, 3.63) is 42.4 Å². The molecular formula is C14H19N5. The van der Waals surface area contributed by atoms with Crippen LogP contribution in [0.4, 0.5) is 11.8 Å². The minimum absolute atomic E-state index is 0.583. The summed E-state index contributed by atoms with van der Waals surface area (Å²) in [5.74, 6) is 2.03. The monoisotopic (exact) mass is 257 g/mol. The summed E-state index contributed by atoms with van der Waals surface area (Å²) in [5, 5.41) is 6.44. The topological polar surface area (TPSA) is 62.7 Å². The predicted molar refractivity (Wildman–Crippen MR) is 76.9 cm³/mol. The Hall–Kier alpha value is -2.17.